The zero-order valence-electron chi connectivity index (χ0n) is 8.48. The van der Waals surface area contributed by atoms with Gasteiger partial charge in [0.15, 0.2) is 0 Å². The van der Waals surface area contributed by atoms with Crippen LogP contribution in [0.5, 0.6) is 0 Å². The third-order valence-electron chi connectivity index (χ3n) is 1.98. The van der Waals surface area contributed by atoms with Crippen LogP contribution in [-0.2, 0) is 0 Å². The largest absolute Gasteiger partial charge is 0.236 e. The minimum atomic E-state index is 0.226. The lowest BCUT2D eigenvalue weighted by Gasteiger charge is -2.23. The molecule has 0 fully saturated rings. The highest BCUT2D eigenvalue weighted by Gasteiger charge is 2.15. The van der Waals surface area contributed by atoms with Crippen LogP contribution in [-0.4, -0.2) is 12.1 Å². The van der Waals surface area contributed by atoms with E-state index in [1.165, 1.54) is 25.7 Å². The van der Waals surface area contributed by atoms with Crippen molar-refractivity contribution in [3.63, 3.8) is 0 Å². The summed E-state index contributed by atoms with van der Waals surface area (Å²) in [6.45, 7) is 9.77. The first-order valence-corrected chi connectivity index (χ1v) is 4.81. The second-order valence-corrected chi connectivity index (χ2v) is 3.74. The summed E-state index contributed by atoms with van der Waals surface area (Å²) in [4.78, 5) is 0. The van der Waals surface area contributed by atoms with Crippen LogP contribution < -0.4 is 5.32 Å². The minimum Gasteiger partial charge on any atom is -0.236 e. The molecule has 0 rings (SSSR count). The van der Waals surface area contributed by atoms with Gasteiger partial charge in [-0.3, -0.25) is 0 Å². The molecule has 0 saturated heterocycles. The Morgan fingerprint density at radius 3 is 2.18 bits per heavy atom. The van der Waals surface area contributed by atoms with Gasteiger partial charge in [0, 0.05) is 12.1 Å². The van der Waals surface area contributed by atoms with Gasteiger partial charge < -0.3 is 0 Å². The predicted octanol–water partition coefficient (Wildman–Crippen LogP) is 2.97. The summed E-state index contributed by atoms with van der Waals surface area (Å²) in [7, 11) is 0. The molecule has 0 aromatic rings. The molecule has 1 radical (unpaired) electrons. The molecule has 1 heteroatoms. The van der Waals surface area contributed by atoms with Crippen LogP contribution in [0.15, 0.2) is 0 Å². The number of nitrogens with zero attached hydrogens (tertiary/aromatic N) is 1. The van der Waals surface area contributed by atoms with E-state index in [0.29, 0.717) is 0 Å². The molecule has 0 unspecified atom stereocenters. The van der Waals surface area contributed by atoms with E-state index in [0.717, 1.165) is 6.54 Å². The van der Waals surface area contributed by atoms with Crippen molar-refractivity contribution >= 4 is 0 Å². The highest BCUT2D eigenvalue weighted by Crippen LogP contribution is 2.14. The van der Waals surface area contributed by atoms with Crippen molar-refractivity contribution in [1.29, 1.82) is 0 Å². The van der Waals surface area contributed by atoms with Crippen LogP contribution in [0.25, 0.3) is 0 Å². The first-order chi connectivity index (χ1) is 5.12. The number of unbranched alkanes of at least 4 members (excludes halogenated alkanes) is 2. The first-order valence-electron chi connectivity index (χ1n) is 4.81. The van der Waals surface area contributed by atoms with E-state index in [1.807, 2.05) is 0 Å². The summed E-state index contributed by atoms with van der Waals surface area (Å²) in [6, 6.07) is 0. The van der Waals surface area contributed by atoms with E-state index in [9.17, 15) is 0 Å². The van der Waals surface area contributed by atoms with Gasteiger partial charge in [-0.25, -0.2) is 5.32 Å². The van der Waals surface area contributed by atoms with Gasteiger partial charge in [0.25, 0.3) is 0 Å². The van der Waals surface area contributed by atoms with Crippen LogP contribution in [0, 0.1) is 0 Å². The molecule has 0 aromatic carbocycles. The summed E-state index contributed by atoms with van der Waals surface area (Å²) in [6.07, 6.45) is 5.23. The molecule has 0 N–H and O–H groups in total. The standard InChI is InChI=1S/C10H22N/c1-5-7-8-9-10(3,4)11-6-2/h5-9H2,1-4H3. The average Bonchev–Trinajstić information content (AvgIpc) is 1.87. The summed E-state index contributed by atoms with van der Waals surface area (Å²) in [5.41, 5.74) is 0.226. The third-order valence-corrected chi connectivity index (χ3v) is 1.98. The van der Waals surface area contributed by atoms with Gasteiger partial charge in [-0.1, -0.05) is 33.1 Å². The number of rotatable bonds is 6. The van der Waals surface area contributed by atoms with Crippen LogP contribution in [0.3, 0.4) is 0 Å². The molecule has 11 heavy (non-hydrogen) atoms. The van der Waals surface area contributed by atoms with Crippen molar-refractivity contribution in [2.75, 3.05) is 6.54 Å². The highest BCUT2D eigenvalue weighted by atomic mass is 14.9. The fraction of sp³-hybridized carbons (Fsp3) is 1.00. The van der Waals surface area contributed by atoms with E-state index in [2.05, 4.69) is 33.0 Å². The fourth-order valence-electron chi connectivity index (χ4n) is 1.31. The Morgan fingerprint density at radius 2 is 1.73 bits per heavy atom. The van der Waals surface area contributed by atoms with E-state index < -0.39 is 0 Å². The third kappa shape index (κ3) is 6.36. The van der Waals surface area contributed by atoms with E-state index in [-0.39, 0.29) is 5.54 Å². The maximum atomic E-state index is 4.53. The lowest BCUT2D eigenvalue weighted by Crippen LogP contribution is -2.32. The highest BCUT2D eigenvalue weighted by molar-refractivity contribution is 4.75. The zero-order chi connectivity index (χ0) is 8.74. The molecular formula is C10H22N. The molecule has 0 spiro atoms. The fourth-order valence-corrected chi connectivity index (χ4v) is 1.31. The van der Waals surface area contributed by atoms with Crippen molar-refractivity contribution in [2.45, 2.75) is 58.9 Å². The molecule has 0 bridgehead atoms. The Hall–Kier alpha value is -0.0400. The Morgan fingerprint density at radius 1 is 1.09 bits per heavy atom. The number of hydrogen-bond acceptors (Lipinski definition) is 0. The summed E-state index contributed by atoms with van der Waals surface area (Å²) < 4.78 is 0. The van der Waals surface area contributed by atoms with Crippen LogP contribution in [0.1, 0.15) is 53.4 Å². The molecule has 67 valence electrons. The van der Waals surface area contributed by atoms with E-state index in [1.54, 1.807) is 0 Å². The van der Waals surface area contributed by atoms with Crippen molar-refractivity contribution in [2.24, 2.45) is 0 Å². The molecular weight excluding hydrogens is 134 g/mol. The van der Waals surface area contributed by atoms with Crippen molar-refractivity contribution in [3.05, 3.63) is 0 Å². The average molecular weight is 156 g/mol. The van der Waals surface area contributed by atoms with Crippen molar-refractivity contribution in [1.82, 2.24) is 5.32 Å². The first kappa shape index (κ1) is 11.0. The van der Waals surface area contributed by atoms with E-state index in [4.69, 9.17) is 0 Å². The number of hydrogen-bond donors (Lipinski definition) is 0. The van der Waals surface area contributed by atoms with Gasteiger partial charge >= 0.3 is 0 Å². The van der Waals surface area contributed by atoms with Gasteiger partial charge in [-0.05, 0) is 20.3 Å². The Kier molecular flexibility index (Phi) is 5.57. The van der Waals surface area contributed by atoms with Gasteiger partial charge in [-0.15, -0.1) is 0 Å². The molecule has 0 heterocycles. The van der Waals surface area contributed by atoms with Gasteiger partial charge in [0.2, 0.25) is 0 Å². The van der Waals surface area contributed by atoms with Crippen molar-refractivity contribution < 1.29 is 0 Å². The van der Waals surface area contributed by atoms with Gasteiger partial charge in [-0.2, -0.15) is 0 Å². The zero-order valence-corrected chi connectivity index (χ0v) is 8.48. The predicted molar refractivity (Wildman–Crippen MR) is 50.9 cm³/mol. The Bertz CT molecular complexity index is 86.9. The van der Waals surface area contributed by atoms with Crippen LogP contribution in [0.2, 0.25) is 0 Å². The SMILES string of the molecule is CCCCCC(C)(C)[N]CC. The van der Waals surface area contributed by atoms with Gasteiger partial charge in [0.1, 0.15) is 0 Å². The maximum absolute atomic E-state index is 4.53. The second kappa shape index (κ2) is 5.59. The molecule has 0 aliphatic heterocycles. The molecule has 1 nitrogen and oxygen atoms in total. The quantitative estimate of drug-likeness (QED) is 0.525. The Labute approximate surface area is 71.6 Å². The summed E-state index contributed by atoms with van der Waals surface area (Å²) >= 11 is 0. The molecule has 0 aliphatic rings. The normalized spacial score (nSPS) is 12.0. The smallest absolute Gasteiger partial charge is 0.0300 e. The topological polar surface area (TPSA) is 14.1 Å². The molecule has 0 atom stereocenters. The second-order valence-electron chi connectivity index (χ2n) is 3.74. The lowest BCUT2D eigenvalue weighted by atomic mass is 9.97. The van der Waals surface area contributed by atoms with E-state index >= 15 is 0 Å². The summed E-state index contributed by atoms with van der Waals surface area (Å²) in [5.74, 6) is 0. The monoisotopic (exact) mass is 156 g/mol. The van der Waals surface area contributed by atoms with Gasteiger partial charge in [0.05, 0.1) is 0 Å². The molecule has 0 amide bonds. The van der Waals surface area contributed by atoms with Crippen LogP contribution >= 0.6 is 0 Å². The maximum Gasteiger partial charge on any atom is 0.0300 e. The molecule has 0 saturated carbocycles. The summed E-state index contributed by atoms with van der Waals surface area (Å²) in [5, 5.41) is 4.53. The molecule has 0 aliphatic carbocycles. The van der Waals surface area contributed by atoms with Crippen molar-refractivity contribution in [3.8, 4) is 0 Å². The lowest BCUT2D eigenvalue weighted by molar-refractivity contribution is 0.349. The molecule has 0 aromatic heterocycles. The van der Waals surface area contributed by atoms with Crippen LogP contribution in [0.4, 0.5) is 0 Å². The Balaban J connectivity index is 3.38. The minimum absolute atomic E-state index is 0.226.